The lowest BCUT2D eigenvalue weighted by Gasteiger charge is -2.19. The van der Waals surface area contributed by atoms with E-state index in [0.717, 1.165) is 5.56 Å². The number of carbonyl (C=O) groups excluding carboxylic acids is 2. The molecule has 0 saturated heterocycles. The van der Waals surface area contributed by atoms with E-state index in [-0.39, 0.29) is 11.8 Å². The van der Waals surface area contributed by atoms with Crippen LogP contribution in [0.3, 0.4) is 0 Å². The summed E-state index contributed by atoms with van der Waals surface area (Å²) in [5, 5.41) is 2.61. The highest BCUT2D eigenvalue weighted by Gasteiger charge is 2.23. The van der Waals surface area contributed by atoms with E-state index in [1.165, 1.54) is 0 Å². The number of alkyl carbamates (subject to hydrolysis) is 1. The van der Waals surface area contributed by atoms with Gasteiger partial charge in [0.15, 0.2) is 0 Å². The van der Waals surface area contributed by atoms with Crippen LogP contribution in [0.25, 0.3) is 0 Å². The number of ether oxygens (including phenoxy) is 2. The highest BCUT2D eigenvalue weighted by Crippen LogP contribution is 2.06. The molecular weight excluding hydrogens is 294 g/mol. The summed E-state index contributed by atoms with van der Waals surface area (Å²) in [4.78, 5) is 24.1. The van der Waals surface area contributed by atoms with E-state index in [1.54, 1.807) is 0 Å². The Labute approximate surface area is 138 Å². The van der Waals surface area contributed by atoms with Crippen LogP contribution in [0.15, 0.2) is 30.3 Å². The van der Waals surface area contributed by atoms with E-state index in [1.807, 2.05) is 58.0 Å². The van der Waals surface area contributed by atoms with Crippen LogP contribution in [0, 0.1) is 11.8 Å². The Kier molecular flexibility index (Phi) is 8.16. The fourth-order valence-electron chi connectivity index (χ4n) is 1.82. The first kappa shape index (κ1) is 19.0. The second kappa shape index (κ2) is 9.87. The fraction of sp³-hybridized carbons (Fsp3) is 0.556. The van der Waals surface area contributed by atoms with Crippen molar-refractivity contribution in [1.29, 1.82) is 0 Å². The van der Waals surface area contributed by atoms with Crippen molar-refractivity contribution >= 4 is 12.1 Å². The Hall–Kier alpha value is -2.04. The van der Waals surface area contributed by atoms with Crippen molar-refractivity contribution in [3.8, 4) is 0 Å². The van der Waals surface area contributed by atoms with Crippen molar-refractivity contribution in [2.24, 2.45) is 11.8 Å². The minimum atomic E-state index is -0.754. The van der Waals surface area contributed by atoms with Gasteiger partial charge in [-0.3, -0.25) is 0 Å². The molecule has 1 amide bonds. The zero-order valence-corrected chi connectivity index (χ0v) is 14.4. The van der Waals surface area contributed by atoms with Crippen LogP contribution in [-0.4, -0.2) is 31.3 Å². The highest BCUT2D eigenvalue weighted by atomic mass is 16.6. The number of carbonyl (C=O) groups is 2. The number of hydrogen-bond acceptors (Lipinski definition) is 4. The lowest BCUT2D eigenvalue weighted by Crippen LogP contribution is -2.44. The summed E-state index contributed by atoms with van der Waals surface area (Å²) in [6, 6.07) is 8.75. The van der Waals surface area contributed by atoms with E-state index in [0.29, 0.717) is 19.6 Å². The van der Waals surface area contributed by atoms with Crippen LogP contribution < -0.4 is 5.32 Å². The molecular formula is C18H27NO4. The van der Waals surface area contributed by atoms with Crippen LogP contribution in [-0.2, 0) is 20.7 Å². The average molecular weight is 321 g/mol. The fourth-order valence-corrected chi connectivity index (χ4v) is 1.82. The molecule has 1 aromatic rings. The molecule has 0 aliphatic carbocycles. The van der Waals surface area contributed by atoms with Crippen molar-refractivity contribution in [2.45, 2.75) is 40.2 Å². The molecule has 1 rings (SSSR count). The standard InChI is InChI=1S/C18H27NO4/c1-13(2)11-22-17(20)16(10-15-8-6-5-7-9-15)19-18(21)23-12-14(3)4/h5-9,13-14,16H,10-12H2,1-4H3,(H,19,21)/t16-/m0/s1. The normalized spacial score (nSPS) is 12.1. The van der Waals surface area contributed by atoms with Gasteiger partial charge >= 0.3 is 12.1 Å². The van der Waals surface area contributed by atoms with Gasteiger partial charge in [0.05, 0.1) is 13.2 Å². The summed E-state index contributed by atoms with van der Waals surface area (Å²) >= 11 is 0. The zero-order chi connectivity index (χ0) is 17.2. The predicted molar refractivity (Wildman–Crippen MR) is 89.1 cm³/mol. The molecule has 0 spiro atoms. The molecule has 1 atom stereocenters. The monoisotopic (exact) mass is 321 g/mol. The van der Waals surface area contributed by atoms with Gasteiger partial charge in [-0.15, -0.1) is 0 Å². The van der Waals surface area contributed by atoms with E-state index >= 15 is 0 Å². The third-order valence-corrected chi connectivity index (χ3v) is 2.97. The zero-order valence-electron chi connectivity index (χ0n) is 14.4. The number of esters is 1. The smallest absolute Gasteiger partial charge is 0.407 e. The van der Waals surface area contributed by atoms with Gasteiger partial charge in [-0.25, -0.2) is 9.59 Å². The van der Waals surface area contributed by atoms with Crippen LogP contribution >= 0.6 is 0 Å². The summed E-state index contributed by atoms with van der Waals surface area (Å²) in [6.07, 6.45) is -0.227. The van der Waals surface area contributed by atoms with E-state index in [9.17, 15) is 9.59 Å². The minimum Gasteiger partial charge on any atom is -0.464 e. The van der Waals surface area contributed by atoms with E-state index < -0.39 is 18.1 Å². The van der Waals surface area contributed by atoms with Crippen LogP contribution in [0.2, 0.25) is 0 Å². The molecule has 1 N–H and O–H groups in total. The average Bonchev–Trinajstić information content (AvgIpc) is 2.51. The van der Waals surface area contributed by atoms with Crippen molar-refractivity contribution in [3.05, 3.63) is 35.9 Å². The van der Waals surface area contributed by atoms with Gasteiger partial charge in [0.1, 0.15) is 6.04 Å². The maximum absolute atomic E-state index is 12.2. The van der Waals surface area contributed by atoms with Gasteiger partial charge in [-0.2, -0.15) is 0 Å². The molecule has 0 aliphatic heterocycles. The van der Waals surface area contributed by atoms with Crippen LogP contribution in [0.5, 0.6) is 0 Å². The number of nitrogens with one attached hydrogen (secondary N) is 1. The number of rotatable bonds is 8. The molecule has 0 saturated carbocycles. The first-order chi connectivity index (χ1) is 10.9. The van der Waals surface area contributed by atoms with Crippen molar-refractivity contribution in [2.75, 3.05) is 13.2 Å². The quantitative estimate of drug-likeness (QED) is 0.747. The summed E-state index contributed by atoms with van der Waals surface area (Å²) in [7, 11) is 0. The molecule has 5 nitrogen and oxygen atoms in total. The van der Waals surface area contributed by atoms with Gasteiger partial charge in [0.25, 0.3) is 0 Å². The largest absolute Gasteiger partial charge is 0.464 e. The van der Waals surface area contributed by atoms with Crippen molar-refractivity contribution in [3.63, 3.8) is 0 Å². The second-order valence-electron chi connectivity index (χ2n) is 6.40. The molecule has 0 unspecified atom stereocenters. The molecule has 0 aromatic heterocycles. The Morgan fingerprint density at radius 2 is 1.52 bits per heavy atom. The Morgan fingerprint density at radius 1 is 0.957 bits per heavy atom. The van der Waals surface area contributed by atoms with Crippen molar-refractivity contribution < 1.29 is 19.1 Å². The molecule has 0 radical (unpaired) electrons. The second-order valence-corrected chi connectivity index (χ2v) is 6.40. The summed E-state index contributed by atoms with van der Waals surface area (Å²) < 4.78 is 10.3. The lowest BCUT2D eigenvalue weighted by molar-refractivity contribution is -0.147. The Morgan fingerprint density at radius 3 is 2.09 bits per heavy atom. The van der Waals surface area contributed by atoms with Gasteiger partial charge in [-0.1, -0.05) is 58.0 Å². The van der Waals surface area contributed by atoms with Gasteiger partial charge in [0, 0.05) is 6.42 Å². The first-order valence-electron chi connectivity index (χ1n) is 8.02. The Bertz CT molecular complexity index is 485. The van der Waals surface area contributed by atoms with E-state index in [2.05, 4.69) is 5.32 Å². The lowest BCUT2D eigenvalue weighted by atomic mass is 10.1. The Balaban J connectivity index is 2.67. The number of amides is 1. The topological polar surface area (TPSA) is 64.6 Å². The SMILES string of the molecule is CC(C)COC(=O)N[C@@H](Cc1ccccc1)C(=O)OCC(C)C. The predicted octanol–water partition coefficient (Wildman–Crippen LogP) is 3.18. The third-order valence-electron chi connectivity index (χ3n) is 2.97. The summed E-state index contributed by atoms with van der Waals surface area (Å²) in [6.45, 7) is 8.46. The maximum atomic E-state index is 12.2. The summed E-state index contributed by atoms with van der Waals surface area (Å²) in [5.74, 6) is 0.0366. The molecule has 0 aliphatic rings. The van der Waals surface area contributed by atoms with Crippen molar-refractivity contribution in [1.82, 2.24) is 5.32 Å². The van der Waals surface area contributed by atoms with Gasteiger partial charge < -0.3 is 14.8 Å². The van der Waals surface area contributed by atoms with Gasteiger partial charge in [-0.05, 0) is 17.4 Å². The maximum Gasteiger partial charge on any atom is 0.407 e. The molecule has 128 valence electrons. The van der Waals surface area contributed by atoms with Crippen LogP contribution in [0.1, 0.15) is 33.3 Å². The summed E-state index contributed by atoms with van der Waals surface area (Å²) in [5.41, 5.74) is 0.947. The minimum absolute atomic E-state index is 0.237. The number of benzene rings is 1. The molecule has 0 fully saturated rings. The molecule has 1 aromatic carbocycles. The molecule has 23 heavy (non-hydrogen) atoms. The number of hydrogen-bond donors (Lipinski definition) is 1. The third kappa shape index (κ3) is 8.24. The first-order valence-corrected chi connectivity index (χ1v) is 8.02. The van der Waals surface area contributed by atoms with E-state index in [4.69, 9.17) is 9.47 Å². The molecule has 0 bridgehead atoms. The van der Waals surface area contributed by atoms with Crippen LogP contribution in [0.4, 0.5) is 4.79 Å². The highest BCUT2D eigenvalue weighted by molar-refractivity contribution is 5.81. The molecule has 5 heteroatoms. The molecule has 0 heterocycles. The van der Waals surface area contributed by atoms with Gasteiger partial charge in [0.2, 0.25) is 0 Å².